The molecular weight excluding hydrogens is 405 g/mol. The maximum Gasteiger partial charge on any atom is 0.250 e. The molecule has 3 aromatic rings. The van der Waals surface area contributed by atoms with Crippen LogP contribution in [-0.4, -0.2) is 34.0 Å². The molecule has 1 aliphatic heterocycles. The zero-order valence-corrected chi connectivity index (χ0v) is 18.7. The van der Waals surface area contributed by atoms with Crippen LogP contribution < -0.4 is 4.74 Å². The van der Waals surface area contributed by atoms with Crippen LogP contribution in [-0.2, 0) is 4.79 Å². The number of rotatable bonds is 6. The molecule has 2 aromatic carbocycles. The monoisotopic (exact) mass is 433 g/mol. The van der Waals surface area contributed by atoms with Gasteiger partial charge in [0.15, 0.2) is 0 Å². The Bertz CT molecular complexity index is 1130. The fraction of sp³-hybridized carbons (Fsp3) is 0.308. The average Bonchev–Trinajstić information content (AvgIpc) is 3.23. The Morgan fingerprint density at radius 2 is 2.00 bits per heavy atom. The first-order valence-electron chi connectivity index (χ1n) is 11.0. The van der Waals surface area contributed by atoms with E-state index in [4.69, 9.17) is 4.74 Å². The molecule has 0 N–H and O–H groups in total. The van der Waals surface area contributed by atoms with Gasteiger partial charge in [-0.15, -0.1) is 0 Å². The van der Waals surface area contributed by atoms with Crippen molar-refractivity contribution in [2.24, 2.45) is 0 Å². The minimum absolute atomic E-state index is 0.0423. The lowest BCUT2D eigenvalue weighted by Crippen LogP contribution is -2.39. The van der Waals surface area contributed by atoms with E-state index in [9.17, 15) is 9.18 Å². The first-order chi connectivity index (χ1) is 15.5. The van der Waals surface area contributed by atoms with Gasteiger partial charge in [-0.05, 0) is 67.7 Å². The molecule has 4 rings (SSSR count). The summed E-state index contributed by atoms with van der Waals surface area (Å²) >= 11 is 0. The lowest BCUT2D eigenvalue weighted by atomic mass is 9.95. The number of hydrogen-bond donors (Lipinski definition) is 0. The molecule has 0 spiro atoms. The molecule has 1 aliphatic rings. The molecule has 1 atom stereocenters. The molecular formula is C26H28FN3O2. The zero-order valence-electron chi connectivity index (χ0n) is 18.7. The molecule has 0 radical (unpaired) electrons. The number of piperidine rings is 1. The molecule has 0 bridgehead atoms. The van der Waals surface area contributed by atoms with E-state index in [1.807, 2.05) is 46.9 Å². The van der Waals surface area contributed by atoms with Crippen LogP contribution in [0.3, 0.4) is 0 Å². The van der Waals surface area contributed by atoms with Gasteiger partial charge in [-0.1, -0.05) is 25.1 Å². The van der Waals surface area contributed by atoms with Crippen molar-refractivity contribution in [2.75, 3.05) is 13.7 Å². The number of carbonyl (C=O) groups excluding carboxylic acids is 1. The van der Waals surface area contributed by atoms with E-state index in [1.54, 1.807) is 25.6 Å². The van der Waals surface area contributed by atoms with E-state index < -0.39 is 0 Å². The molecule has 1 aromatic heterocycles. The standard InChI is InChI=1S/C26H28FN3O2/c1-4-23(20-8-10-22(27)11-9-20)30-13-5-6-21(26(30)31)14-19-7-12-24(25(15-19)32-3)29-16-18(2)28-17-29/h7-12,14-17,23H,4-6,13H2,1-3H3. The fourth-order valence-corrected chi connectivity index (χ4v) is 4.34. The third-order valence-electron chi connectivity index (χ3n) is 5.93. The minimum atomic E-state index is -0.266. The van der Waals surface area contributed by atoms with Crippen LogP contribution in [0.5, 0.6) is 5.75 Å². The molecule has 1 amide bonds. The smallest absolute Gasteiger partial charge is 0.250 e. The molecule has 1 unspecified atom stereocenters. The number of likely N-dealkylation sites (tertiary alicyclic amines) is 1. The summed E-state index contributed by atoms with van der Waals surface area (Å²) in [5.74, 6) is 0.493. The van der Waals surface area contributed by atoms with E-state index in [-0.39, 0.29) is 17.8 Å². The predicted octanol–water partition coefficient (Wildman–Crippen LogP) is 5.49. The summed E-state index contributed by atoms with van der Waals surface area (Å²) < 4.78 is 20.9. The van der Waals surface area contributed by atoms with Gasteiger partial charge in [0.05, 0.1) is 30.9 Å². The zero-order chi connectivity index (χ0) is 22.7. The van der Waals surface area contributed by atoms with Crippen LogP contribution in [0.2, 0.25) is 0 Å². The van der Waals surface area contributed by atoms with Crippen LogP contribution >= 0.6 is 0 Å². The van der Waals surface area contributed by atoms with Gasteiger partial charge in [-0.3, -0.25) is 4.79 Å². The van der Waals surface area contributed by atoms with E-state index in [1.165, 1.54) is 12.1 Å². The second-order valence-electron chi connectivity index (χ2n) is 8.10. The SMILES string of the molecule is CCC(c1ccc(F)cc1)N1CCCC(=Cc2ccc(-n3cnc(C)c3)c(OC)c2)C1=O. The van der Waals surface area contributed by atoms with Crippen LogP contribution in [0, 0.1) is 12.7 Å². The highest BCUT2D eigenvalue weighted by atomic mass is 19.1. The molecule has 0 saturated carbocycles. The van der Waals surface area contributed by atoms with Crippen molar-refractivity contribution in [3.8, 4) is 11.4 Å². The number of nitrogens with zero attached hydrogens (tertiary/aromatic N) is 3. The number of carbonyl (C=O) groups is 1. The number of hydrogen-bond acceptors (Lipinski definition) is 3. The van der Waals surface area contributed by atoms with Crippen molar-refractivity contribution in [1.82, 2.24) is 14.5 Å². The van der Waals surface area contributed by atoms with Gasteiger partial charge in [0.1, 0.15) is 11.6 Å². The number of halogens is 1. The fourth-order valence-electron chi connectivity index (χ4n) is 4.34. The molecule has 2 heterocycles. The maximum atomic E-state index is 13.4. The third kappa shape index (κ3) is 4.44. The first-order valence-corrected chi connectivity index (χ1v) is 11.0. The first kappa shape index (κ1) is 21.8. The van der Waals surface area contributed by atoms with Gasteiger partial charge in [-0.25, -0.2) is 9.37 Å². The second-order valence-corrected chi connectivity index (χ2v) is 8.10. The highest BCUT2D eigenvalue weighted by Crippen LogP contribution is 2.32. The summed E-state index contributed by atoms with van der Waals surface area (Å²) in [6.07, 6.45) is 8.07. The largest absolute Gasteiger partial charge is 0.495 e. The van der Waals surface area contributed by atoms with Crippen molar-refractivity contribution in [1.29, 1.82) is 0 Å². The molecule has 32 heavy (non-hydrogen) atoms. The normalized spacial score (nSPS) is 16.4. The van der Waals surface area contributed by atoms with Crippen LogP contribution in [0.4, 0.5) is 4.39 Å². The highest BCUT2D eigenvalue weighted by Gasteiger charge is 2.29. The molecule has 5 nitrogen and oxygen atoms in total. The van der Waals surface area contributed by atoms with Crippen LogP contribution in [0.15, 0.2) is 60.6 Å². The van der Waals surface area contributed by atoms with Crippen molar-refractivity contribution in [3.63, 3.8) is 0 Å². The predicted molar refractivity (Wildman–Crippen MR) is 123 cm³/mol. The van der Waals surface area contributed by atoms with E-state index in [2.05, 4.69) is 11.9 Å². The summed E-state index contributed by atoms with van der Waals surface area (Å²) in [7, 11) is 1.64. The Morgan fingerprint density at radius 3 is 2.66 bits per heavy atom. The van der Waals surface area contributed by atoms with Gasteiger partial charge < -0.3 is 14.2 Å². The average molecular weight is 434 g/mol. The van der Waals surface area contributed by atoms with Crippen molar-refractivity contribution >= 4 is 12.0 Å². The lowest BCUT2D eigenvalue weighted by molar-refractivity contribution is -0.131. The molecule has 0 aliphatic carbocycles. The lowest BCUT2D eigenvalue weighted by Gasteiger charge is -2.35. The summed E-state index contributed by atoms with van der Waals surface area (Å²) in [5, 5.41) is 0. The minimum Gasteiger partial charge on any atom is -0.495 e. The van der Waals surface area contributed by atoms with E-state index in [0.717, 1.165) is 53.1 Å². The van der Waals surface area contributed by atoms with Gasteiger partial charge >= 0.3 is 0 Å². The van der Waals surface area contributed by atoms with Crippen molar-refractivity contribution in [2.45, 2.75) is 39.2 Å². The Kier molecular flexibility index (Phi) is 6.40. The molecule has 1 saturated heterocycles. The number of aryl methyl sites for hydroxylation is 1. The topological polar surface area (TPSA) is 47.4 Å². The Balaban J connectivity index is 1.61. The maximum absolute atomic E-state index is 13.4. The Morgan fingerprint density at radius 1 is 1.22 bits per heavy atom. The Labute approximate surface area is 188 Å². The molecule has 166 valence electrons. The number of aromatic nitrogens is 2. The number of benzene rings is 2. The number of methoxy groups -OCH3 is 1. The molecule has 1 fully saturated rings. The van der Waals surface area contributed by atoms with E-state index >= 15 is 0 Å². The molecule has 6 heteroatoms. The number of amides is 1. The van der Waals surface area contributed by atoms with Crippen molar-refractivity contribution in [3.05, 3.63) is 83.2 Å². The quantitative estimate of drug-likeness (QED) is 0.483. The van der Waals surface area contributed by atoms with Gasteiger partial charge in [0.2, 0.25) is 5.91 Å². The Hall–Kier alpha value is -3.41. The second kappa shape index (κ2) is 9.39. The number of imidazole rings is 1. The van der Waals surface area contributed by atoms with Gasteiger partial charge in [-0.2, -0.15) is 0 Å². The van der Waals surface area contributed by atoms with E-state index in [0.29, 0.717) is 6.54 Å². The van der Waals surface area contributed by atoms with Crippen LogP contribution in [0.1, 0.15) is 49.0 Å². The van der Waals surface area contributed by atoms with Crippen LogP contribution in [0.25, 0.3) is 11.8 Å². The summed E-state index contributed by atoms with van der Waals surface area (Å²) in [6, 6.07) is 12.3. The summed E-state index contributed by atoms with van der Waals surface area (Å²) in [4.78, 5) is 19.6. The van der Waals surface area contributed by atoms with Gasteiger partial charge in [0.25, 0.3) is 0 Å². The van der Waals surface area contributed by atoms with Crippen molar-refractivity contribution < 1.29 is 13.9 Å². The summed E-state index contributed by atoms with van der Waals surface area (Å²) in [6.45, 7) is 4.70. The summed E-state index contributed by atoms with van der Waals surface area (Å²) in [5.41, 5.74) is 4.49. The van der Waals surface area contributed by atoms with Gasteiger partial charge in [0, 0.05) is 18.3 Å². The number of ether oxygens (including phenoxy) is 1. The highest BCUT2D eigenvalue weighted by molar-refractivity contribution is 5.98. The third-order valence-corrected chi connectivity index (χ3v) is 5.93.